The fourth-order valence-electron chi connectivity index (χ4n) is 4.29. The van der Waals surface area contributed by atoms with E-state index in [-0.39, 0.29) is 29.9 Å². The Balaban J connectivity index is 1.57. The number of halogens is 3. The predicted octanol–water partition coefficient (Wildman–Crippen LogP) is 3.08. The van der Waals surface area contributed by atoms with Crippen LogP contribution in [0.1, 0.15) is 40.9 Å². The van der Waals surface area contributed by atoms with Gasteiger partial charge in [-0.1, -0.05) is 0 Å². The number of H-pyrrole nitrogens is 1. The molecule has 0 fully saturated rings. The van der Waals surface area contributed by atoms with Gasteiger partial charge < -0.3 is 4.74 Å². The largest absolute Gasteiger partial charge is 0.433 e. The number of aryl methyl sites for hydroxylation is 3. The molecule has 34 heavy (non-hydrogen) atoms. The van der Waals surface area contributed by atoms with Gasteiger partial charge in [0.25, 0.3) is 0 Å². The van der Waals surface area contributed by atoms with E-state index in [0.717, 1.165) is 27.6 Å². The minimum atomic E-state index is -4.55. The van der Waals surface area contributed by atoms with Crippen molar-refractivity contribution in [1.82, 2.24) is 49.3 Å². The molecular formula is C20H17F3N10O. The topological polar surface area (TPSA) is 117 Å². The maximum Gasteiger partial charge on any atom is 0.433 e. The van der Waals surface area contributed by atoms with Crippen molar-refractivity contribution >= 4 is 5.65 Å². The van der Waals surface area contributed by atoms with Gasteiger partial charge in [-0.3, -0.25) is 14.5 Å². The summed E-state index contributed by atoms with van der Waals surface area (Å²) < 4.78 is 50.2. The van der Waals surface area contributed by atoms with Crippen molar-refractivity contribution in [3.8, 4) is 23.3 Å². The second-order valence-corrected chi connectivity index (χ2v) is 7.95. The summed E-state index contributed by atoms with van der Waals surface area (Å²) in [5.74, 6) is 0.354. The van der Waals surface area contributed by atoms with Crippen LogP contribution in [-0.2, 0) is 19.8 Å². The first-order valence-electron chi connectivity index (χ1n) is 10.4. The number of nitrogens with zero attached hydrogens (tertiary/aromatic N) is 9. The summed E-state index contributed by atoms with van der Waals surface area (Å²) in [5, 5.41) is 19.9. The predicted molar refractivity (Wildman–Crippen MR) is 110 cm³/mol. The number of ether oxygens (including phenoxy) is 1. The summed E-state index contributed by atoms with van der Waals surface area (Å²) in [4.78, 5) is 8.94. The Morgan fingerprint density at radius 3 is 2.68 bits per heavy atom. The quantitative estimate of drug-likeness (QED) is 0.422. The lowest BCUT2D eigenvalue weighted by atomic mass is 9.86. The van der Waals surface area contributed by atoms with Crippen LogP contribution in [-0.4, -0.2) is 49.3 Å². The van der Waals surface area contributed by atoms with Gasteiger partial charge in [0, 0.05) is 36.6 Å². The molecule has 6 rings (SSSR count). The zero-order chi connectivity index (χ0) is 23.8. The minimum Gasteiger partial charge on any atom is -0.418 e. The average molecular weight is 470 g/mol. The Hall–Kier alpha value is -4.23. The van der Waals surface area contributed by atoms with Crippen LogP contribution in [0.3, 0.4) is 0 Å². The third-order valence-electron chi connectivity index (χ3n) is 5.77. The van der Waals surface area contributed by atoms with Gasteiger partial charge in [0.1, 0.15) is 17.7 Å². The molecule has 6 heterocycles. The summed E-state index contributed by atoms with van der Waals surface area (Å²) in [6.07, 6.45) is 0.455. The molecule has 1 N–H and O–H groups in total. The van der Waals surface area contributed by atoms with Crippen LogP contribution in [0.25, 0.3) is 17.2 Å². The van der Waals surface area contributed by atoms with E-state index in [9.17, 15) is 13.2 Å². The molecule has 0 saturated heterocycles. The van der Waals surface area contributed by atoms with E-state index >= 15 is 0 Å². The number of hydrogen-bond acceptors (Lipinski definition) is 7. The maximum atomic E-state index is 13.4. The van der Waals surface area contributed by atoms with E-state index in [4.69, 9.17) is 4.74 Å². The highest BCUT2D eigenvalue weighted by Gasteiger charge is 2.38. The zero-order valence-electron chi connectivity index (χ0n) is 18.2. The van der Waals surface area contributed by atoms with Crippen molar-refractivity contribution in [3.63, 3.8) is 0 Å². The molecule has 1 atom stereocenters. The summed E-state index contributed by atoms with van der Waals surface area (Å²) in [6.45, 7) is 3.52. The maximum absolute atomic E-state index is 13.4. The fraction of sp³-hybridized carbons (Fsp3) is 0.300. The van der Waals surface area contributed by atoms with Crippen molar-refractivity contribution in [2.45, 2.75) is 32.5 Å². The van der Waals surface area contributed by atoms with Gasteiger partial charge in [-0.15, -0.1) is 10.2 Å². The number of nitrogens with one attached hydrogen (secondary N) is 1. The highest BCUT2D eigenvalue weighted by atomic mass is 19.4. The van der Waals surface area contributed by atoms with Gasteiger partial charge in [0.2, 0.25) is 17.6 Å². The first kappa shape index (κ1) is 20.4. The second kappa shape index (κ2) is 6.88. The van der Waals surface area contributed by atoms with Gasteiger partial charge in [0.05, 0.1) is 17.7 Å². The lowest BCUT2D eigenvalue weighted by Gasteiger charge is -2.24. The van der Waals surface area contributed by atoms with Crippen LogP contribution in [0.15, 0.2) is 24.8 Å². The van der Waals surface area contributed by atoms with E-state index in [1.807, 2.05) is 20.2 Å². The van der Waals surface area contributed by atoms with Crippen molar-refractivity contribution in [2.24, 2.45) is 7.05 Å². The molecule has 1 aliphatic rings. The Kier molecular flexibility index (Phi) is 4.13. The van der Waals surface area contributed by atoms with Crippen LogP contribution in [0.2, 0.25) is 0 Å². The monoisotopic (exact) mass is 470 g/mol. The summed E-state index contributed by atoms with van der Waals surface area (Å²) in [5.41, 5.74) is 2.60. The van der Waals surface area contributed by atoms with Gasteiger partial charge in [-0.25, -0.2) is 14.5 Å². The Morgan fingerprint density at radius 2 is 2.00 bits per heavy atom. The number of aromatic nitrogens is 10. The van der Waals surface area contributed by atoms with Gasteiger partial charge in [-0.2, -0.15) is 23.4 Å². The lowest BCUT2D eigenvalue weighted by molar-refractivity contribution is -0.144. The summed E-state index contributed by atoms with van der Waals surface area (Å²) in [7, 11) is 1.81. The highest BCUT2D eigenvalue weighted by molar-refractivity contribution is 5.67. The van der Waals surface area contributed by atoms with Crippen molar-refractivity contribution in [3.05, 3.63) is 52.9 Å². The van der Waals surface area contributed by atoms with Crippen LogP contribution >= 0.6 is 0 Å². The molecular weight excluding hydrogens is 453 g/mol. The molecule has 0 aliphatic carbocycles. The minimum absolute atomic E-state index is 0.0152. The Morgan fingerprint density at radius 1 is 1.18 bits per heavy atom. The molecule has 1 aliphatic heterocycles. The first-order chi connectivity index (χ1) is 16.2. The molecule has 5 aromatic rings. The van der Waals surface area contributed by atoms with Gasteiger partial charge in [0.15, 0.2) is 5.65 Å². The number of rotatable bonds is 3. The van der Waals surface area contributed by atoms with Crippen molar-refractivity contribution < 1.29 is 17.9 Å². The van der Waals surface area contributed by atoms with E-state index in [0.29, 0.717) is 17.1 Å². The highest BCUT2D eigenvalue weighted by Crippen LogP contribution is 2.48. The van der Waals surface area contributed by atoms with Crippen LogP contribution in [0.4, 0.5) is 13.2 Å². The number of alkyl halides is 3. The number of hydrogen-bond donors (Lipinski definition) is 1. The Labute approximate surface area is 189 Å². The standard InChI is InChI=1S/C20H17F3N10O/c1-4-32-12(20(21,22)23)5-11(29-32)16-26-17-15-14(10-6-25-31(3)7-10)13-9(2)27-28-19(13)34-18(15)24-8-33(17)30-16/h5-8,14H,4H2,1-3H3,(H,27,28). The van der Waals surface area contributed by atoms with E-state index in [2.05, 4.69) is 35.5 Å². The van der Waals surface area contributed by atoms with Crippen LogP contribution in [0.5, 0.6) is 11.8 Å². The molecule has 14 heteroatoms. The molecule has 0 bridgehead atoms. The van der Waals surface area contributed by atoms with E-state index in [1.165, 1.54) is 10.8 Å². The summed E-state index contributed by atoms with van der Waals surface area (Å²) in [6, 6.07) is 0.950. The molecule has 174 valence electrons. The molecule has 0 aromatic carbocycles. The molecule has 11 nitrogen and oxygen atoms in total. The van der Waals surface area contributed by atoms with E-state index < -0.39 is 11.9 Å². The molecule has 5 aromatic heterocycles. The lowest BCUT2D eigenvalue weighted by Crippen LogP contribution is -2.14. The number of aromatic amines is 1. The first-order valence-corrected chi connectivity index (χ1v) is 10.4. The SMILES string of the molecule is CCn1nc(-c2nc3c4c(ncn3n2)Oc2n[nH]c(C)c2C4c2cnn(C)c2)cc1C(F)(F)F. The third kappa shape index (κ3) is 2.90. The number of fused-ring (bicyclic) bond motifs is 4. The van der Waals surface area contributed by atoms with Crippen molar-refractivity contribution in [1.29, 1.82) is 0 Å². The normalized spacial score (nSPS) is 15.4. The molecule has 0 amide bonds. The molecule has 0 saturated carbocycles. The van der Waals surface area contributed by atoms with E-state index in [1.54, 1.807) is 17.8 Å². The molecule has 0 radical (unpaired) electrons. The van der Waals surface area contributed by atoms with Crippen LogP contribution < -0.4 is 4.74 Å². The van der Waals surface area contributed by atoms with Gasteiger partial charge in [-0.05, 0) is 19.9 Å². The third-order valence-corrected chi connectivity index (χ3v) is 5.77. The molecule has 0 spiro atoms. The second-order valence-electron chi connectivity index (χ2n) is 7.95. The van der Waals surface area contributed by atoms with Crippen molar-refractivity contribution in [2.75, 3.05) is 0 Å². The fourth-order valence-corrected chi connectivity index (χ4v) is 4.29. The smallest absolute Gasteiger partial charge is 0.418 e. The summed E-state index contributed by atoms with van der Waals surface area (Å²) >= 11 is 0. The zero-order valence-corrected chi connectivity index (χ0v) is 18.2. The molecule has 1 unspecified atom stereocenters. The Bertz CT molecular complexity index is 1560. The van der Waals surface area contributed by atoms with Crippen LogP contribution in [0, 0.1) is 6.92 Å². The van der Waals surface area contributed by atoms with Gasteiger partial charge >= 0.3 is 6.18 Å². The average Bonchev–Trinajstić information content (AvgIpc) is 3.57.